The topological polar surface area (TPSA) is 192 Å². The molecule has 3 heterocycles. The maximum Gasteiger partial charge on any atom is 0.332 e. The Bertz CT molecular complexity index is 2260. The number of nitrogens with zero attached hydrogens (tertiary/aromatic N) is 5. The number of amides is 1. The monoisotopic (exact) mass is 790 g/mol. The number of nitriles is 1. The number of hydrogen-bond acceptors (Lipinski definition) is 13. The zero-order chi connectivity index (χ0) is 39.8. The zero-order valence-corrected chi connectivity index (χ0v) is 31.9. The molecule has 292 valence electrons. The van der Waals surface area contributed by atoms with Crippen molar-refractivity contribution in [2.45, 2.75) is 36.6 Å². The number of carbonyl (C=O) groups excluding carboxylic acids is 1. The molecule has 3 N–H and O–H groups in total. The molecule has 0 saturated carbocycles. The van der Waals surface area contributed by atoms with Crippen LogP contribution in [0.5, 0.6) is 11.5 Å². The van der Waals surface area contributed by atoms with Gasteiger partial charge in [0.25, 0.3) is 5.91 Å². The minimum Gasteiger partial charge on any atom is -0.497 e. The molecule has 16 heteroatoms. The zero-order valence-electron chi connectivity index (χ0n) is 31.0. The van der Waals surface area contributed by atoms with E-state index in [-0.39, 0.29) is 43.3 Å². The third-order valence-corrected chi connectivity index (χ3v) is 10.4. The molecule has 0 bridgehead atoms. The molecule has 0 aliphatic carbocycles. The summed E-state index contributed by atoms with van der Waals surface area (Å²) >= 11 is 0. The molecule has 7 rings (SSSR count). The molecule has 6 aromatic rings. The number of aromatic nitrogens is 4. The first-order chi connectivity index (χ1) is 27.8. The predicted octanol–water partition coefficient (Wildman–Crippen LogP) is 6.25. The van der Waals surface area contributed by atoms with Gasteiger partial charge in [-0.2, -0.15) is 5.26 Å². The van der Waals surface area contributed by atoms with Gasteiger partial charge in [0.1, 0.15) is 35.8 Å². The van der Waals surface area contributed by atoms with E-state index >= 15 is 0 Å². The van der Waals surface area contributed by atoms with Crippen LogP contribution < -0.4 is 14.8 Å². The standard InChI is InChI=1S/C41H39N6O9P/c1-51-32-18-14-30(15-19-32)41(29-12-7-4-8-13-29,31-16-20-33(52-2)21-17-31)53-25-34-40(49,56-57(50)54-23-9-22-42)24-35(55-34)47-27-45-36-37(43-26-44-38(36)47)46-39(48)28-10-5-3-6-11-28/h3-8,10-21,26-27,34-35,49-50H,9,23-25H2,1-2H3,(H,43,44,46,48)/t34-,35-,40-,57?/m1/s1. The van der Waals surface area contributed by atoms with Crippen LogP contribution in [-0.2, 0) is 24.1 Å². The summed E-state index contributed by atoms with van der Waals surface area (Å²) in [4.78, 5) is 37.0. The van der Waals surface area contributed by atoms with Crippen LogP contribution in [0.25, 0.3) is 11.2 Å². The first-order valence-corrected chi connectivity index (χ1v) is 19.0. The van der Waals surface area contributed by atoms with Crippen molar-refractivity contribution in [3.05, 3.63) is 144 Å². The van der Waals surface area contributed by atoms with Crippen LogP contribution in [-0.4, -0.2) is 74.8 Å². The van der Waals surface area contributed by atoms with E-state index in [1.807, 2.05) is 91.0 Å². The molecule has 2 aromatic heterocycles. The summed E-state index contributed by atoms with van der Waals surface area (Å²) in [6.07, 6.45) is 0.312. The summed E-state index contributed by atoms with van der Waals surface area (Å²) in [5, 5.41) is 24.1. The summed E-state index contributed by atoms with van der Waals surface area (Å²) < 4.78 is 37.3. The van der Waals surface area contributed by atoms with Gasteiger partial charge in [0, 0.05) is 5.56 Å². The number of anilines is 1. The van der Waals surface area contributed by atoms with Gasteiger partial charge in [-0.25, -0.2) is 15.0 Å². The molecule has 15 nitrogen and oxygen atoms in total. The van der Waals surface area contributed by atoms with Crippen molar-refractivity contribution in [1.29, 1.82) is 5.26 Å². The highest BCUT2D eigenvalue weighted by Gasteiger charge is 2.53. The molecule has 1 unspecified atom stereocenters. The van der Waals surface area contributed by atoms with E-state index in [1.165, 1.54) is 12.7 Å². The van der Waals surface area contributed by atoms with Crippen molar-refractivity contribution in [1.82, 2.24) is 19.5 Å². The van der Waals surface area contributed by atoms with Gasteiger partial charge in [-0.15, -0.1) is 0 Å². The van der Waals surface area contributed by atoms with Crippen molar-refractivity contribution in [3.63, 3.8) is 0 Å². The lowest BCUT2D eigenvalue weighted by Gasteiger charge is -2.38. The van der Waals surface area contributed by atoms with Gasteiger partial charge in [-0.05, 0) is 53.1 Å². The fraction of sp³-hybridized carbons (Fsp3) is 0.244. The Morgan fingerprint density at radius 1 is 0.930 bits per heavy atom. The maximum absolute atomic E-state index is 13.0. The molecule has 4 aromatic carbocycles. The van der Waals surface area contributed by atoms with Crippen molar-refractivity contribution in [2.75, 3.05) is 32.8 Å². The highest BCUT2D eigenvalue weighted by atomic mass is 31.2. The molecule has 0 radical (unpaired) electrons. The van der Waals surface area contributed by atoms with E-state index in [9.17, 15) is 14.8 Å². The predicted molar refractivity (Wildman–Crippen MR) is 208 cm³/mol. The summed E-state index contributed by atoms with van der Waals surface area (Å²) in [6, 6.07) is 35.2. The van der Waals surface area contributed by atoms with Gasteiger partial charge in [0.15, 0.2) is 17.0 Å². The Morgan fingerprint density at radius 3 is 2.16 bits per heavy atom. The Morgan fingerprint density at radius 2 is 1.54 bits per heavy atom. The van der Waals surface area contributed by atoms with Gasteiger partial charge >= 0.3 is 8.60 Å². The van der Waals surface area contributed by atoms with E-state index in [1.54, 1.807) is 43.1 Å². The lowest BCUT2D eigenvalue weighted by Crippen LogP contribution is -2.45. The molecule has 1 amide bonds. The van der Waals surface area contributed by atoms with E-state index in [2.05, 4.69) is 20.3 Å². The molecule has 1 aliphatic rings. The van der Waals surface area contributed by atoms with E-state index in [0.717, 1.165) is 16.7 Å². The second-order valence-corrected chi connectivity index (χ2v) is 13.8. The highest BCUT2D eigenvalue weighted by Crippen LogP contribution is 2.49. The fourth-order valence-electron chi connectivity index (χ4n) is 6.68. The third kappa shape index (κ3) is 8.34. The number of rotatable bonds is 16. The largest absolute Gasteiger partial charge is 0.497 e. The number of methoxy groups -OCH3 is 2. The first kappa shape index (κ1) is 39.4. The minimum atomic E-state index is -2.67. The quantitative estimate of drug-likeness (QED) is 0.0432. The molecule has 4 atom stereocenters. The molecule has 1 fully saturated rings. The average Bonchev–Trinajstić information content (AvgIpc) is 3.83. The Balaban J connectivity index is 1.25. The van der Waals surface area contributed by atoms with Crippen LogP contribution >= 0.6 is 8.60 Å². The highest BCUT2D eigenvalue weighted by molar-refractivity contribution is 7.40. The van der Waals surface area contributed by atoms with E-state index < -0.39 is 32.3 Å². The molecular weight excluding hydrogens is 751 g/mol. The number of carbonyl (C=O) groups is 1. The molecule has 0 spiro atoms. The Hall–Kier alpha value is -5.82. The van der Waals surface area contributed by atoms with Crippen molar-refractivity contribution >= 4 is 31.5 Å². The number of hydrogen-bond donors (Lipinski definition) is 3. The SMILES string of the molecule is COc1ccc(C(OC[C@H]2O[C@@H](n3cnc4c(NC(=O)c5ccccc5)ncnc43)C[C@@]2(O)OP(O)OCCC#N)(c2ccccc2)c2ccc(OC)cc2)cc1. The van der Waals surface area contributed by atoms with Gasteiger partial charge in [-0.3, -0.25) is 13.9 Å². The smallest absolute Gasteiger partial charge is 0.332 e. The fourth-order valence-corrected chi connectivity index (χ4v) is 7.45. The van der Waals surface area contributed by atoms with Gasteiger partial charge in [0.05, 0.1) is 52.7 Å². The first-order valence-electron chi connectivity index (χ1n) is 17.9. The Kier molecular flexibility index (Phi) is 12.1. The second kappa shape index (κ2) is 17.5. The Labute approximate surface area is 329 Å². The van der Waals surface area contributed by atoms with Crippen molar-refractivity contribution < 1.29 is 42.8 Å². The van der Waals surface area contributed by atoms with Gasteiger partial charge < -0.3 is 38.8 Å². The van der Waals surface area contributed by atoms with Crippen molar-refractivity contribution in [3.8, 4) is 17.6 Å². The molecule has 1 saturated heterocycles. The number of fused-ring (bicyclic) bond motifs is 1. The van der Waals surface area contributed by atoms with Crippen molar-refractivity contribution in [2.24, 2.45) is 0 Å². The summed E-state index contributed by atoms with van der Waals surface area (Å²) in [6.45, 7) is -0.395. The molecular formula is C41H39N6O9P. The number of nitrogens with one attached hydrogen (secondary N) is 1. The van der Waals surface area contributed by atoms with E-state index in [4.69, 9.17) is 33.3 Å². The summed E-state index contributed by atoms with van der Waals surface area (Å²) in [5.41, 5.74) is 1.98. The normalized spacial score (nSPS) is 18.5. The number of imidazole rings is 1. The summed E-state index contributed by atoms with van der Waals surface area (Å²) in [5.74, 6) is -1.10. The van der Waals surface area contributed by atoms with Crippen LogP contribution in [0.4, 0.5) is 5.82 Å². The van der Waals surface area contributed by atoms with Crippen LogP contribution in [0, 0.1) is 11.3 Å². The van der Waals surface area contributed by atoms with Gasteiger partial charge in [-0.1, -0.05) is 72.8 Å². The molecule has 57 heavy (non-hydrogen) atoms. The lowest BCUT2D eigenvalue weighted by atomic mass is 9.80. The lowest BCUT2D eigenvalue weighted by molar-refractivity contribution is -0.201. The van der Waals surface area contributed by atoms with Crippen LogP contribution in [0.15, 0.2) is 122 Å². The van der Waals surface area contributed by atoms with Gasteiger partial charge in [0.2, 0.25) is 5.79 Å². The minimum absolute atomic E-state index is 0.0000392. The maximum atomic E-state index is 13.0. The second-order valence-electron chi connectivity index (χ2n) is 12.9. The average molecular weight is 791 g/mol. The van der Waals surface area contributed by atoms with E-state index in [0.29, 0.717) is 22.7 Å². The molecule has 1 aliphatic heterocycles. The summed E-state index contributed by atoms with van der Waals surface area (Å²) in [7, 11) is 0.506. The van der Waals surface area contributed by atoms with Crippen LogP contribution in [0.1, 0.15) is 46.1 Å². The van der Waals surface area contributed by atoms with Crippen LogP contribution in [0.3, 0.4) is 0 Å². The van der Waals surface area contributed by atoms with Crippen LogP contribution in [0.2, 0.25) is 0 Å². The number of benzene rings is 4. The number of aliphatic hydroxyl groups is 1. The number of ether oxygens (including phenoxy) is 4. The third-order valence-electron chi connectivity index (χ3n) is 9.50.